The van der Waals surface area contributed by atoms with Crippen molar-refractivity contribution in [2.75, 3.05) is 13.7 Å². The molecule has 1 aliphatic rings. The van der Waals surface area contributed by atoms with Crippen LogP contribution in [0, 0.1) is 0 Å². The third kappa shape index (κ3) is 5.00. The molecule has 1 N–H and O–H groups in total. The summed E-state index contributed by atoms with van der Waals surface area (Å²) in [6, 6.07) is 11.4. The van der Waals surface area contributed by atoms with Gasteiger partial charge in [-0.05, 0) is 55.0 Å². The van der Waals surface area contributed by atoms with E-state index in [1.54, 1.807) is 13.3 Å². The molecule has 4 rings (SSSR count). The van der Waals surface area contributed by atoms with E-state index in [2.05, 4.69) is 17.2 Å². The Morgan fingerprint density at radius 1 is 1.12 bits per heavy atom. The van der Waals surface area contributed by atoms with E-state index in [9.17, 15) is 9.59 Å². The number of rotatable bonds is 9. The topological polar surface area (TPSA) is 77.5 Å². The van der Waals surface area contributed by atoms with Crippen LogP contribution in [0.4, 0.5) is 0 Å². The minimum Gasteiger partial charge on any atom is -0.496 e. The van der Waals surface area contributed by atoms with Crippen molar-refractivity contribution in [3.8, 4) is 16.9 Å². The molecule has 0 radical (unpaired) electrons. The van der Waals surface area contributed by atoms with Gasteiger partial charge in [-0.2, -0.15) is 0 Å². The minimum absolute atomic E-state index is 0.0435. The minimum atomic E-state index is -0.306. The molecule has 0 saturated heterocycles. The first-order valence-electron chi connectivity index (χ1n) is 11.6. The number of aromatic nitrogens is 1. The van der Waals surface area contributed by atoms with Crippen LogP contribution < -0.4 is 10.1 Å². The summed E-state index contributed by atoms with van der Waals surface area (Å²) in [4.78, 5) is 29.5. The lowest BCUT2D eigenvalue weighted by atomic mass is 9.96. The Morgan fingerprint density at radius 2 is 1.88 bits per heavy atom. The molecule has 1 aliphatic carbocycles. The number of aryl methyl sites for hydroxylation is 1. The lowest BCUT2D eigenvalue weighted by Crippen LogP contribution is -2.24. The monoisotopic (exact) mass is 446 g/mol. The fourth-order valence-electron chi connectivity index (χ4n) is 3.91. The third-order valence-corrected chi connectivity index (χ3v) is 5.95. The van der Waals surface area contributed by atoms with Gasteiger partial charge < -0.3 is 14.8 Å². The number of benzene rings is 2. The molecular formula is C27H30N2O4. The molecule has 1 amide bonds. The van der Waals surface area contributed by atoms with Gasteiger partial charge in [0.05, 0.1) is 18.2 Å². The normalized spacial score (nSPS) is 13.1. The Labute approximate surface area is 194 Å². The number of pyridine rings is 1. The highest BCUT2D eigenvalue weighted by Gasteiger charge is 2.28. The number of unbranched alkanes of at least 4 members (excludes halogenated alkanes) is 1. The van der Waals surface area contributed by atoms with Gasteiger partial charge in [0.2, 0.25) is 0 Å². The van der Waals surface area contributed by atoms with E-state index in [1.807, 2.05) is 43.3 Å². The highest BCUT2D eigenvalue weighted by molar-refractivity contribution is 5.99. The molecule has 2 aromatic carbocycles. The van der Waals surface area contributed by atoms with Crippen LogP contribution in [0.1, 0.15) is 65.8 Å². The van der Waals surface area contributed by atoms with Crippen molar-refractivity contribution in [2.45, 2.75) is 52.1 Å². The average molecular weight is 447 g/mol. The molecule has 6 heteroatoms. The number of nitrogens with zero attached hydrogens (tertiary/aromatic N) is 1. The molecule has 33 heavy (non-hydrogen) atoms. The molecular weight excluding hydrogens is 416 g/mol. The molecule has 1 aromatic heterocycles. The zero-order valence-electron chi connectivity index (χ0n) is 19.4. The maximum Gasteiger partial charge on any atom is 0.340 e. The number of methoxy groups -OCH3 is 1. The van der Waals surface area contributed by atoms with E-state index >= 15 is 0 Å². The Kier molecular flexibility index (Phi) is 6.92. The van der Waals surface area contributed by atoms with Gasteiger partial charge in [0.25, 0.3) is 5.91 Å². The van der Waals surface area contributed by atoms with Crippen LogP contribution in [-0.2, 0) is 11.2 Å². The standard InChI is InChI=1S/C27H30N2O4/c1-4-6-13-28-26(30)18-9-7-17(8-10-18)21-14-22-20(5-2)23(27(31)33-19-11-12-19)16-29-24(22)15-25(21)32-3/h7-10,14-16,19H,4-6,11-13H2,1-3H3,(H,28,30). The maximum absolute atomic E-state index is 12.7. The number of fused-ring (bicyclic) bond motifs is 1. The van der Waals surface area contributed by atoms with Crippen molar-refractivity contribution in [3.05, 3.63) is 59.3 Å². The molecule has 172 valence electrons. The largest absolute Gasteiger partial charge is 0.496 e. The van der Waals surface area contributed by atoms with Gasteiger partial charge in [-0.1, -0.05) is 32.4 Å². The zero-order chi connectivity index (χ0) is 23.4. The number of hydrogen-bond donors (Lipinski definition) is 1. The highest BCUT2D eigenvalue weighted by atomic mass is 16.5. The summed E-state index contributed by atoms with van der Waals surface area (Å²) in [5, 5.41) is 3.84. The second-order valence-electron chi connectivity index (χ2n) is 8.37. The van der Waals surface area contributed by atoms with Gasteiger partial charge in [0.15, 0.2) is 0 Å². The van der Waals surface area contributed by atoms with Crippen LogP contribution in [0.5, 0.6) is 5.75 Å². The second-order valence-corrected chi connectivity index (χ2v) is 8.37. The number of esters is 1. The summed E-state index contributed by atoms with van der Waals surface area (Å²) >= 11 is 0. The number of ether oxygens (including phenoxy) is 2. The van der Waals surface area contributed by atoms with Crippen LogP contribution in [0.3, 0.4) is 0 Å². The van der Waals surface area contributed by atoms with Crippen molar-refractivity contribution >= 4 is 22.8 Å². The molecule has 0 spiro atoms. The van der Waals surface area contributed by atoms with Crippen molar-refractivity contribution in [1.82, 2.24) is 10.3 Å². The lowest BCUT2D eigenvalue weighted by molar-refractivity contribution is 0.0470. The molecule has 3 aromatic rings. The molecule has 1 fully saturated rings. The van der Waals surface area contributed by atoms with E-state index in [0.717, 1.165) is 53.3 Å². The Morgan fingerprint density at radius 3 is 2.52 bits per heavy atom. The van der Waals surface area contributed by atoms with Gasteiger partial charge in [0.1, 0.15) is 11.9 Å². The first-order chi connectivity index (χ1) is 16.0. The zero-order valence-corrected chi connectivity index (χ0v) is 19.4. The molecule has 6 nitrogen and oxygen atoms in total. The van der Waals surface area contributed by atoms with E-state index in [-0.39, 0.29) is 18.0 Å². The summed E-state index contributed by atoms with van der Waals surface area (Å²) in [6.07, 6.45) is 6.19. The van der Waals surface area contributed by atoms with Gasteiger partial charge in [-0.15, -0.1) is 0 Å². The first-order valence-corrected chi connectivity index (χ1v) is 11.6. The maximum atomic E-state index is 12.7. The van der Waals surface area contributed by atoms with Crippen LogP contribution in [0.2, 0.25) is 0 Å². The van der Waals surface area contributed by atoms with Crippen molar-refractivity contribution in [2.24, 2.45) is 0 Å². The Hall–Kier alpha value is -3.41. The van der Waals surface area contributed by atoms with Crippen LogP contribution >= 0.6 is 0 Å². The number of carbonyl (C=O) groups is 2. The Bertz CT molecular complexity index is 1170. The number of hydrogen-bond acceptors (Lipinski definition) is 5. The van der Waals surface area contributed by atoms with Gasteiger partial charge in [-0.25, -0.2) is 4.79 Å². The molecule has 0 aliphatic heterocycles. The summed E-state index contributed by atoms with van der Waals surface area (Å²) in [5.74, 6) is 0.307. The average Bonchev–Trinajstić information content (AvgIpc) is 3.66. The van der Waals surface area contributed by atoms with Gasteiger partial charge in [-0.3, -0.25) is 9.78 Å². The lowest BCUT2D eigenvalue weighted by Gasteiger charge is -2.15. The number of carbonyl (C=O) groups excluding carboxylic acids is 2. The SMILES string of the molecule is CCCCNC(=O)c1ccc(-c2cc3c(CC)c(C(=O)OC4CC4)cnc3cc2OC)cc1. The van der Waals surface area contributed by atoms with E-state index in [1.165, 1.54) is 0 Å². The number of nitrogens with one attached hydrogen (secondary N) is 1. The summed E-state index contributed by atoms with van der Waals surface area (Å²) in [6.45, 7) is 4.79. The van der Waals surface area contributed by atoms with Crippen LogP contribution in [-0.4, -0.2) is 36.6 Å². The van der Waals surface area contributed by atoms with E-state index in [0.29, 0.717) is 29.8 Å². The van der Waals surface area contributed by atoms with Crippen LogP contribution in [0.25, 0.3) is 22.0 Å². The smallest absolute Gasteiger partial charge is 0.340 e. The fourth-order valence-corrected chi connectivity index (χ4v) is 3.91. The third-order valence-electron chi connectivity index (χ3n) is 5.95. The molecule has 1 heterocycles. The van der Waals surface area contributed by atoms with Crippen LogP contribution in [0.15, 0.2) is 42.6 Å². The quantitative estimate of drug-likeness (QED) is 0.355. The molecule has 1 saturated carbocycles. The first kappa shape index (κ1) is 22.8. The van der Waals surface area contributed by atoms with Crippen molar-refractivity contribution in [1.29, 1.82) is 0 Å². The predicted octanol–water partition coefficient (Wildman–Crippen LogP) is 5.32. The molecule has 0 bridgehead atoms. The summed E-state index contributed by atoms with van der Waals surface area (Å²) in [7, 11) is 1.63. The second kappa shape index (κ2) is 10.0. The summed E-state index contributed by atoms with van der Waals surface area (Å²) in [5.41, 5.74) is 4.63. The molecule has 0 unspecified atom stereocenters. The summed E-state index contributed by atoms with van der Waals surface area (Å²) < 4.78 is 11.2. The highest BCUT2D eigenvalue weighted by Crippen LogP contribution is 2.36. The van der Waals surface area contributed by atoms with E-state index in [4.69, 9.17) is 9.47 Å². The van der Waals surface area contributed by atoms with Crippen molar-refractivity contribution < 1.29 is 19.1 Å². The molecule has 0 atom stereocenters. The Balaban J connectivity index is 1.70. The predicted molar refractivity (Wildman–Crippen MR) is 129 cm³/mol. The van der Waals surface area contributed by atoms with Gasteiger partial charge in [0, 0.05) is 35.3 Å². The van der Waals surface area contributed by atoms with Crippen molar-refractivity contribution in [3.63, 3.8) is 0 Å². The van der Waals surface area contributed by atoms with E-state index < -0.39 is 0 Å². The fraction of sp³-hybridized carbons (Fsp3) is 0.370. The van der Waals surface area contributed by atoms with Gasteiger partial charge >= 0.3 is 5.97 Å². The number of amides is 1.